The van der Waals surface area contributed by atoms with Crippen molar-refractivity contribution >= 4 is 11.7 Å². The number of nitrogens with zero attached hydrogens (tertiary/aromatic N) is 4. The van der Waals surface area contributed by atoms with Crippen LogP contribution in [0.2, 0.25) is 0 Å². The smallest absolute Gasteiger partial charge is 0.274 e. The van der Waals surface area contributed by atoms with Crippen LogP contribution in [0.5, 0.6) is 0 Å². The zero-order chi connectivity index (χ0) is 13.9. The minimum atomic E-state index is 0.0250. The van der Waals surface area contributed by atoms with Gasteiger partial charge in [0.05, 0.1) is 0 Å². The quantitative estimate of drug-likeness (QED) is 0.827. The van der Waals surface area contributed by atoms with Crippen molar-refractivity contribution in [1.29, 1.82) is 0 Å². The van der Waals surface area contributed by atoms with Crippen molar-refractivity contribution in [2.24, 2.45) is 5.92 Å². The van der Waals surface area contributed by atoms with E-state index in [1.165, 1.54) is 19.3 Å². The van der Waals surface area contributed by atoms with Crippen molar-refractivity contribution in [1.82, 2.24) is 15.1 Å². The number of amides is 1. The summed E-state index contributed by atoms with van der Waals surface area (Å²) in [6.45, 7) is 5.98. The fourth-order valence-corrected chi connectivity index (χ4v) is 3.09. The van der Waals surface area contributed by atoms with Crippen molar-refractivity contribution in [3.63, 3.8) is 0 Å². The summed E-state index contributed by atoms with van der Waals surface area (Å²) in [4.78, 5) is 16.5. The number of hydrogen-bond donors (Lipinski definition) is 0. The summed E-state index contributed by atoms with van der Waals surface area (Å²) in [6.07, 6.45) is 4.73. The van der Waals surface area contributed by atoms with Crippen molar-refractivity contribution in [2.75, 3.05) is 31.1 Å². The van der Waals surface area contributed by atoms with E-state index in [0.29, 0.717) is 11.6 Å². The lowest BCUT2D eigenvalue weighted by Gasteiger charge is -2.30. The molecule has 3 rings (SSSR count). The Morgan fingerprint density at radius 1 is 1.15 bits per heavy atom. The zero-order valence-corrected chi connectivity index (χ0v) is 12.1. The Kier molecular flexibility index (Phi) is 3.85. The van der Waals surface area contributed by atoms with Gasteiger partial charge in [0.2, 0.25) is 0 Å². The predicted octanol–water partition coefficient (Wildman–Crippen LogP) is 1.95. The van der Waals surface area contributed by atoms with E-state index in [-0.39, 0.29) is 5.91 Å². The van der Waals surface area contributed by atoms with Gasteiger partial charge in [0.25, 0.3) is 5.91 Å². The average Bonchev–Trinajstić information content (AvgIpc) is 3.01. The van der Waals surface area contributed by atoms with Crippen LogP contribution < -0.4 is 4.90 Å². The van der Waals surface area contributed by atoms with E-state index >= 15 is 0 Å². The van der Waals surface area contributed by atoms with Crippen LogP contribution in [0.1, 0.15) is 43.1 Å². The van der Waals surface area contributed by atoms with E-state index in [9.17, 15) is 4.79 Å². The van der Waals surface area contributed by atoms with Crippen LogP contribution in [0, 0.1) is 5.92 Å². The molecule has 0 bridgehead atoms. The van der Waals surface area contributed by atoms with Crippen molar-refractivity contribution in [3.8, 4) is 0 Å². The molecule has 2 fully saturated rings. The number of piperidine rings is 1. The number of aromatic nitrogens is 2. The van der Waals surface area contributed by atoms with Gasteiger partial charge >= 0.3 is 0 Å². The molecule has 0 aromatic carbocycles. The first-order chi connectivity index (χ1) is 9.74. The summed E-state index contributed by atoms with van der Waals surface area (Å²) < 4.78 is 0. The van der Waals surface area contributed by atoms with Gasteiger partial charge in [-0.15, -0.1) is 10.2 Å². The maximum atomic E-state index is 12.4. The fraction of sp³-hybridized carbons (Fsp3) is 0.667. The monoisotopic (exact) mass is 274 g/mol. The number of likely N-dealkylation sites (tertiary alicyclic amines) is 1. The largest absolute Gasteiger partial charge is 0.355 e. The molecule has 1 amide bonds. The lowest BCUT2D eigenvalue weighted by Crippen LogP contribution is -2.39. The molecule has 0 radical (unpaired) electrons. The van der Waals surface area contributed by atoms with Crippen molar-refractivity contribution in [3.05, 3.63) is 17.8 Å². The number of anilines is 1. The molecule has 108 valence electrons. The van der Waals surface area contributed by atoms with Gasteiger partial charge in [0.1, 0.15) is 0 Å². The SMILES string of the molecule is CC1CCCN(C(=O)c2ccc(N3CCCC3)nn2)C1. The van der Waals surface area contributed by atoms with Crippen LogP contribution in [0.3, 0.4) is 0 Å². The molecule has 0 spiro atoms. The molecule has 5 heteroatoms. The summed E-state index contributed by atoms with van der Waals surface area (Å²) in [5, 5.41) is 8.36. The van der Waals surface area contributed by atoms with Crippen LogP contribution in [0.15, 0.2) is 12.1 Å². The second-order valence-corrected chi connectivity index (χ2v) is 5.97. The average molecular weight is 274 g/mol. The Balaban J connectivity index is 1.68. The van der Waals surface area contributed by atoms with Gasteiger partial charge in [0, 0.05) is 26.2 Å². The van der Waals surface area contributed by atoms with E-state index in [2.05, 4.69) is 22.0 Å². The normalized spacial score (nSPS) is 23.1. The molecule has 1 unspecified atom stereocenters. The molecular weight excluding hydrogens is 252 g/mol. The van der Waals surface area contributed by atoms with E-state index in [1.807, 2.05) is 17.0 Å². The lowest BCUT2D eigenvalue weighted by atomic mass is 10.00. The second-order valence-electron chi connectivity index (χ2n) is 5.97. The summed E-state index contributed by atoms with van der Waals surface area (Å²) >= 11 is 0. The van der Waals surface area contributed by atoms with E-state index in [0.717, 1.165) is 38.4 Å². The summed E-state index contributed by atoms with van der Waals surface area (Å²) in [7, 11) is 0. The Hall–Kier alpha value is -1.65. The van der Waals surface area contributed by atoms with Gasteiger partial charge in [-0.05, 0) is 43.7 Å². The molecule has 0 aliphatic carbocycles. The summed E-state index contributed by atoms with van der Waals surface area (Å²) in [6, 6.07) is 3.75. The minimum absolute atomic E-state index is 0.0250. The van der Waals surface area contributed by atoms with Crippen LogP contribution in [-0.4, -0.2) is 47.2 Å². The van der Waals surface area contributed by atoms with E-state index in [4.69, 9.17) is 0 Å². The first-order valence-electron chi connectivity index (χ1n) is 7.62. The van der Waals surface area contributed by atoms with Gasteiger partial charge in [-0.3, -0.25) is 4.79 Å². The molecule has 0 N–H and O–H groups in total. The van der Waals surface area contributed by atoms with Crippen LogP contribution in [-0.2, 0) is 0 Å². The maximum Gasteiger partial charge on any atom is 0.274 e. The second kappa shape index (κ2) is 5.77. The minimum Gasteiger partial charge on any atom is -0.355 e. The van der Waals surface area contributed by atoms with Crippen molar-refractivity contribution in [2.45, 2.75) is 32.6 Å². The predicted molar refractivity (Wildman–Crippen MR) is 77.8 cm³/mol. The molecule has 3 heterocycles. The van der Waals surface area contributed by atoms with E-state index in [1.54, 1.807) is 0 Å². The molecule has 2 saturated heterocycles. The van der Waals surface area contributed by atoms with Gasteiger partial charge in [0.15, 0.2) is 11.5 Å². The van der Waals surface area contributed by atoms with Gasteiger partial charge < -0.3 is 9.80 Å². The van der Waals surface area contributed by atoms with Crippen molar-refractivity contribution < 1.29 is 4.79 Å². The van der Waals surface area contributed by atoms with Gasteiger partial charge in [-0.2, -0.15) is 0 Å². The molecule has 5 nitrogen and oxygen atoms in total. The number of carbonyl (C=O) groups is 1. The molecule has 1 aromatic rings. The first-order valence-corrected chi connectivity index (χ1v) is 7.62. The molecule has 20 heavy (non-hydrogen) atoms. The summed E-state index contributed by atoms with van der Waals surface area (Å²) in [5.41, 5.74) is 0.474. The number of hydrogen-bond acceptors (Lipinski definition) is 4. The molecular formula is C15H22N4O. The third-order valence-electron chi connectivity index (χ3n) is 4.24. The highest BCUT2D eigenvalue weighted by Gasteiger charge is 2.23. The van der Waals surface area contributed by atoms with Crippen LogP contribution in [0.4, 0.5) is 5.82 Å². The molecule has 1 atom stereocenters. The van der Waals surface area contributed by atoms with E-state index < -0.39 is 0 Å². The van der Waals surface area contributed by atoms with Crippen LogP contribution >= 0.6 is 0 Å². The fourth-order valence-electron chi connectivity index (χ4n) is 3.09. The topological polar surface area (TPSA) is 49.3 Å². The number of carbonyl (C=O) groups excluding carboxylic acids is 1. The third kappa shape index (κ3) is 2.76. The molecule has 2 aliphatic rings. The molecule has 1 aromatic heterocycles. The number of rotatable bonds is 2. The Morgan fingerprint density at radius 2 is 1.95 bits per heavy atom. The Bertz CT molecular complexity index is 467. The maximum absolute atomic E-state index is 12.4. The Morgan fingerprint density at radius 3 is 2.60 bits per heavy atom. The lowest BCUT2D eigenvalue weighted by molar-refractivity contribution is 0.0676. The van der Waals surface area contributed by atoms with Gasteiger partial charge in [-0.1, -0.05) is 6.92 Å². The Labute approximate surface area is 120 Å². The third-order valence-corrected chi connectivity index (χ3v) is 4.24. The summed E-state index contributed by atoms with van der Waals surface area (Å²) in [5.74, 6) is 1.51. The van der Waals surface area contributed by atoms with Gasteiger partial charge in [-0.25, -0.2) is 0 Å². The highest BCUT2D eigenvalue weighted by atomic mass is 16.2. The molecule has 0 saturated carbocycles. The van der Waals surface area contributed by atoms with Crippen LogP contribution in [0.25, 0.3) is 0 Å². The highest BCUT2D eigenvalue weighted by Crippen LogP contribution is 2.19. The highest BCUT2D eigenvalue weighted by molar-refractivity contribution is 5.92. The zero-order valence-electron chi connectivity index (χ0n) is 12.1. The first kappa shape index (κ1) is 13.3. The molecule has 2 aliphatic heterocycles. The standard InChI is InChI=1S/C15H22N4O/c1-12-5-4-10-19(11-12)15(20)13-6-7-14(17-16-13)18-8-2-3-9-18/h6-7,12H,2-5,8-11H2,1H3.